The van der Waals surface area contributed by atoms with E-state index >= 15 is 0 Å². The van der Waals surface area contributed by atoms with Crippen LogP contribution in [0.3, 0.4) is 0 Å². The summed E-state index contributed by atoms with van der Waals surface area (Å²) in [4.78, 5) is 8.68. The third kappa shape index (κ3) is 5.99. The highest BCUT2D eigenvalue weighted by Gasteiger charge is 2.35. The molecule has 1 aromatic carbocycles. The van der Waals surface area contributed by atoms with Gasteiger partial charge >= 0.3 is 6.18 Å². The van der Waals surface area contributed by atoms with Crippen LogP contribution >= 0.6 is 0 Å². The van der Waals surface area contributed by atoms with E-state index in [1.54, 1.807) is 19.2 Å². The van der Waals surface area contributed by atoms with Gasteiger partial charge in [-0.3, -0.25) is 4.84 Å². The maximum absolute atomic E-state index is 13.7. The largest absolute Gasteiger partial charge is 0.488 e. The number of pyridine rings is 1. The van der Waals surface area contributed by atoms with Gasteiger partial charge in [0, 0.05) is 18.7 Å². The molecule has 0 saturated heterocycles. The van der Waals surface area contributed by atoms with E-state index in [0.717, 1.165) is 6.07 Å². The van der Waals surface area contributed by atoms with E-state index in [-0.39, 0.29) is 35.0 Å². The third-order valence-corrected chi connectivity index (χ3v) is 4.04. The zero-order valence-corrected chi connectivity index (χ0v) is 16.9. The Balaban J connectivity index is 2.37. The van der Waals surface area contributed by atoms with Crippen molar-refractivity contribution in [3.05, 3.63) is 59.8 Å². The Hall–Kier alpha value is -4.00. The van der Waals surface area contributed by atoms with Crippen LogP contribution in [-0.2, 0) is 11.0 Å². The van der Waals surface area contributed by atoms with Crippen molar-refractivity contribution < 1.29 is 27.9 Å². The molecule has 0 aliphatic heterocycles. The molecule has 0 radical (unpaired) electrons. The molecule has 0 aliphatic rings. The van der Waals surface area contributed by atoms with Crippen LogP contribution in [0.15, 0.2) is 48.6 Å². The number of benzene rings is 1. The van der Waals surface area contributed by atoms with Crippen LogP contribution in [0.25, 0.3) is 11.3 Å². The molecule has 0 spiro atoms. The van der Waals surface area contributed by atoms with Crippen molar-refractivity contribution in [1.29, 1.82) is 5.26 Å². The van der Waals surface area contributed by atoms with E-state index in [1.165, 1.54) is 31.5 Å². The summed E-state index contributed by atoms with van der Waals surface area (Å²) in [5, 5.41) is 14.5. The Kier molecular flexibility index (Phi) is 7.63. The van der Waals surface area contributed by atoms with E-state index in [0.29, 0.717) is 11.3 Å². The van der Waals surface area contributed by atoms with Gasteiger partial charge in [-0.05, 0) is 35.0 Å². The molecule has 1 heterocycles. The van der Waals surface area contributed by atoms with E-state index in [4.69, 9.17) is 10.5 Å². The summed E-state index contributed by atoms with van der Waals surface area (Å²) >= 11 is 0. The number of aromatic nitrogens is 1. The fraction of sp³-hybridized carbons (Fsp3) is 0.190. The van der Waals surface area contributed by atoms with Crippen molar-refractivity contribution >= 4 is 17.6 Å². The molecule has 162 valence electrons. The zero-order chi connectivity index (χ0) is 23.0. The molecule has 0 fully saturated rings. The molecule has 2 aromatic rings. The predicted molar refractivity (Wildman–Crippen MR) is 111 cm³/mol. The fourth-order valence-electron chi connectivity index (χ4n) is 2.54. The molecule has 1 aromatic heterocycles. The van der Waals surface area contributed by atoms with Crippen molar-refractivity contribution in [2.24, 2.45) is 0 Å². The maximum atomic E-state index is 13.7. The van der Waals surface area contributed by atoms with Gasteiger partial charge in [0.2, 0.25) is 6.21 Å². The molecule has 0 bridgehead atoms. The highest BCUT2D eigenvalue weighted by atomic mass is 19.4. The summed E-state index contributed by atoms with van der Waals surface area (Å²) in [7, 11) is 3.02. The molecule has 0 amide bonds. The Labute approximate surface area is 177 Å². The summed E-state index contributed by atoms with van der Waals surface area (Å²) in [6, 6.07) is 6.87. The number of nitriles is 1. The Morgan fingerprint density at radius 1 is 1.39 bits per heavy atom. The lowest BCUT2D eigenvalue weighted by Crippen LogP contribution is -2.66. The van der Waals surface area contributed by atoms with Crippen molar-refractivity contribution in [3.8, 4) is 23.1 Å². The number of allylic oxidation sites excluding steroid dienone is 1. The highest BCUT2D eigenvalue weighted by molar-refractivity contribution is 5.77. The Bertz CT molecular complexity index is 1060. The number of nitrogens with two attached hydrogens (primary N) is 1. The predicted octanol–water partition coefficient (Wildman–Crippen LogP) is 2.47. The Morgan fingerprint density at radius 2 is 2.13 bits per heavy atom. The normalized spacial score (nSPS) is 11.5. The number of hydrogen-bond donors (Lipinski definition) is 3. The molecule has 0 atom stereocenters. The van der Waals surface area contributed by atoms with Crippen molar-refractivity contribution in [2.45, 2.75) is 6.18 Å². The SMILES string of the molecule is C=C(/C=C\C=[NH+]\OC)COc1ccc(-c2cc(NC)c(N)c(C#N)n2)cc1C(F)(F)F. The molecule has 0 saturated carbocycles. The van der Waals surface area contributed by atoms with Crippen molar-refractivity contribution in [3.63, 3.8) is 0 Å². The minimum atomic E-state index is -4.67. The number of hydrogen-bond acceptors (Lipinski definition) is 6. The van der Waals surface area contributed by atoms with Gasteiger partial charge in [-0.2, -0.15) is 18.4 Å². The van der Waals surface area contributed by atoms with E-state index in [1.807, 2.05) is 6.07 Å². The second-order valence-electron chi connectivity index (χ2n) is 6.18. The third-order valence-electron chi connectivity index (χ3n) is 4.04. The van der Waals surface area contributed by atoms with Crippen LogP contribution in [0.1, 0.15) is 11.3 Å². The lowest BCUT2D eigenvalue weighted by Gasteiger charge is -2.16. The second kappa shape index (κ2) is 10.2. The average molecular weight is 432 g/mol. The van der Waals surface area contributed by atoms with Crippen LogP contribution < -0.4 is 20.9 Å². The summed E-state index contributed by atoms with van der Waals surface area (Å²) in [6.45, 7) is 3.58. The highest BCUT2D eigenvalue weighted by Crippen LogP contribution is 2.39. The van der Waals surface area contributed by atoms with Crippen LogP contribution in [0, 0.1) is 11.3 Å². The number of nitrogens with zero attached hydrogens (tertiary/aromatic N) is 2. The van der Waals surface area contributed by atoms with Crippen molar-refractivity contribution in [1.82, 2.24) is 4.98 Å². The molecule has 10 heteroatoms. The minimum absolute atomic E-state index is 0.0846. The van der Waals surface area contributed by atoms with E-state index in [2.05, 4.69) is 26.9 Å². The molecule has 2 rings (SSSR count). The lowest BCUT2D eigenvalue weighted by molar-refractivity contribution is -0.740. The number of anilines is 2. The molecular formula is C21H21F3N5O2+. The van der Waals surface area contributed by atoms with Crippen LogP contribution in [0.4, 0.5) is 24.5 Å². The first kappa shape index (κ1) is 23.3. The quantitative estimate of drug-likeness (QED) is 0.336. The van der Waals surface area contributed by atoms with Gasteiger partial charge in [0.25, 0.3) is 0 Å². The summed E-state index contributed by atoms with van der Waals surface area (Å²) in [5.74, 6) is -0.352. The number of nitrogens with one attached hydrogen (secondary N) is 2. The van der Waals surface area contributed by atoms with E-state index < -0.39 is 11.7 Å². The molecular weight excluding hydrogens is 411 g/mol. The average Bonchev–Trinajstić information content (AvgIpc) is 2.74. The van der Waals surface area contributed by atoms with Gasteiger partial charge < -0.3 is 15.8 Å². The van der Waals surface area contributed by atoms with Gasteiger partial charge in [-0.1, -0.05) is 12.7 Å². The number of nitrogen functional groups attached to an aromatic ring is 1. The Morgan fingerprint density at radius 3 is 2.74 bits per heavy atom. The maximum Gasteiger partial charge on any atom is 0.419 e. The minimum Gasteiger partial charge on any atom is -0.488 e. The number of alkyl halides is 3. The van der Waals surface area contributed by atoms with Crippen LogP contribution in [0.5, 0.6) is 5.75 Å². The number of ether oxygens (including phenoxy) is 1. The van der Waals surface area contributed by atoms with Gasteiger partial charge in [-0.25, -0.2) is 4.98 Å². The summed E-state index contributed by atoms with van der Waals surface area (Å²) in [5.41, 5.74) is 6.04. The number of rotatable bonds is 8. The van der Waals surface area contributed by atoms with Gasteiger partial charge in [0.05, 0.1) is 22.6 Å². The monoisotopic (exact) mass is 432 g/mol. The standard InChI is InChI=1S/C21H20F3N5O2/c1-13(5-4-8-28-30-3)12-31-19-7-6-14(9-15(19)21(22,23)24)16-10-17(27-2)20(26)18(11-25)29-16/h4-10H,1,12,26H2,2-3H3,(H,27,29)/p+1/b5-4-,28-8+. The van der Waals surface area contributed by atoms with Crippen molar-refractivity contribution in [2.75, 3.05) is 31.8 Å². The van der Waals surface area contributed by atoms with E-state index in [9.17, 15) is 18.4 Å². The topological polar surface area (TPSA) is 107 Å². The van der Waals surface area contributed by atoms with Gasteiger partial charge in [-0.15, -0.1) is 0 Å². The molecule has 31 heavy (non-hydrogen) atoms. The zero-order valence-electron chi connectivity index (χ0n) is 16.9. The molecule has 4 N–H and O–H groups in total. The lowest BCUT2D eigenvalue weighted by atomic mass is 10.0. The second-order valence-corrected chi connectivity index (χ2v) is 6.18. The first-order chi connectivity index (χ1) is 14.7. The molecule has 0 unspecified atom stereocenters. The van der Waals surface area contributed by atoms with Gasteiger partial charge in [0.1, 0.15) is 25.5 Å². The molecule has 0 aliphatic carbocycles. The fourth-order valence-corrected chi connectivity index (χ4v) is 2.54. The van der Waals surface area contributed by atoms with Gasteiger partial charge in [0.15, 0.2) is 5.69 Å². The first-order valence-electron chi connectivity index (χ1n) is 8.90. The molecule has 7 nitrogen and oxygen atoms in total. The number of halogens is 3. The summed E-state index contributed by atoms with van der Waals surface area (Å²) in [6.07, 6.45) is -0.0530. The first-order valence-corrected chi connectivity index (χ1v) is 8.90. The van der Waals surface area contributed by atoms with Crippen LogP contribution in [-0.4, -0.2) is 32.0 Å². The smallest absolute Gasteiger partial charge is 0.419 e. The summed E-state index contributed by atoms with van der Waals surface area (Å²) < 4.78 is 46.3. The van der Waals surface area contributed by atoms with Crippen LogP contribution in [0.2, 0.25) is 0 Å².